The number of hydrogen-bond acceptors (Lipinski definition) is 0. The maximum Gasteiger partial charge on any atom is 0.0338 e. The average Bonchev–Trinajstić information content (AvgIpc) is 2.63. The van der Waals surface area contributed by atoms with Gasteiger partial charge in [-0.25, -0.2) is 0 Å². The predicted octanol–water partition coefficient (Wildman–Crippen LogP) is 5.53. The highest BCUT2D eigenvalue weighted by Gasteiger charge is 2.21. The van der Waals surface area contributed by atoms with Gasteiger partial charge in [0, 0.05) is 5.38 Å². The van der Waals surface area contributed by atoms with Crippen LogP contribution in [0.25, 0.3) is 0 Å². The molecule has 0 radical (unpaired) electrons. The lowest BCUT2D eigenvalue weighted by atomic mass is 9.99. The number of halogens is 1. The molecule has 0 aromatic carbocycles. The van der Waals surface area contributed by atoms with E-state index in [1.54, 1.807) is 0 Å². The van der Waals surface area contributed by atoms with E-state index in [9.17, 15) is 0 Å². The summed E-state index contributed by atoms with van der Waals surface area (Å²) in [6.07, 6.45) is 15.4. The Morgan fingerprint density at radius 3 is 2.20 bits per heavy atom. The maximum absolute atomic E-state index is 6.10. The standard InChI is InChI=1S/C14H27Cl/c1-2-3-4-5-6-7-8-9-13-10-11-14(15)12-13/h13-14H,2-12H2,1H3. The summed E-state index contributed by atoms with van der Waals surface area (Å²) in [4.78, 5) is 0. The van der Waals surface area contributed by atoms with Gasteiger partial charge < -0.3 is 0 Å². The first-order valence-electron chi connectivity index (χ1n) is 6.97. The SMILES string of the molecule is CCCCCCCCCC1CCC(Cl)C1. The predicted molar refractivity (Wildman–Crippen MR) is 69.6 cm³/mol. The largest absolute Gasteiger partial charge is 0.123 e. The highest BCUT2D eigenvalue weighted by Crippen LogP contribution is 2.32. The lowest BCUT2D eigenvalue weighted by Gasteiger charge is -2.08. The Balaban J connectivity index is 1.81. The third-order valence-electron chi connectivity index (χ3n) is 3.69. The van der Waals surface area contributed by atoms with Gasteiger partial charge in [0.15, 0.2) is 0 Å². The third kappa shape index (κ3) is 6.45. The molecule has 0 spiro atoms. The minimum atomic E-state index is 0.500. The summed E-state index contributed by atoms with van der Waals surface area (Å²) in [6, 6.07) is 0. The summed E-state index contributed by atoms with van der Waals surface area (Å²) in [5.41, 5.74) is 0. The molecule has 0 saturated heterocycles. The van der Waals surface area contributed by atoms with Gasteiger partial charge in [0.05, 0.1) is 0 Å². The summed E-state index contributed by atoms with van der Waals surface area (Å²) < 4.78 is 0. The molecule has 1 fully saturated rings. The van der Waals surface area contributed by atoms with Crippen LogP contribution in [0, 0.1) is 5.92 Å². The van der Waals surface area contributed by atoms with Crippen molar-refractivity contribution in [3.05, 3.63) is 0 Å². The summed E-state index contributed by atoms with van der Waals surface area (Å²) in [5.74, 6) is 0.961. The zero-order valence-electron chi connectivity index (χ0n) is 10.3. The van der Waals surface area contributed by atoms with Crippen LogP contribution in [0.2, 0.25) is 0 Å². The summed E-state index contributed by atoms with van der Waals surface area (Å²) in [6.45, 7) is 2.28. The van der Waals surface area contributed by atoms with Crippen LogP contribution in [0.1, 0.15) is 77.6 Å². The molecule has 0 amide bonds. The molecule has 0 heterocycles. The second kappa shape index (κ2) is 8.44. The monoisotopic (exact) mass is 230 g/mol. The van der Waals surface area contributed by atoms with Crippen LogP contribution in [-0.4, -0.2) is 5.38 Å². The molecule has 1 saturated carbocycles. The van der Waals surface area contributed by atoms with E-state index in [0.717, 1.165) is 5.92 Å². The van der Waals surface area contributed by atoms with Gasteiger partial charge >= 0.3 is 0 Å². The average molecular weight is 231 g/mol. The molecule has 0 nitrogen and oxygen atoms in total. The van der Waals surface area contributed by atoms with Crippen LogP contribution in [0.3, 0.4) is 0 Å². The molecule has 1 rings (SSSR count). The number of rotatable bonds is 8. The van der Waals surface area contributed by atoms with Crippen LogP contribution in [0.15, 0.2) is 0 Å². The molecular weight excluding hydrogens is 204 g/mol. The number of unbranched alkanes of at least 4 members (excludes halogenated alkanes) is 6. The van der Waals surface area contributed by atoms with Crippen LogP contribution < -0.4 is 0 Å². The third-order valence-corrected chi connectivity index (χ3v) is 4.09. The fourth-order valence-electron chi connectivity index (χ4n) is 2.67. The Morgan fingerprint density at radius 2 is 1.60 bits per heavy atom. The molecule has 90 valence electrons. The van der Waals surface area contributed by atoms with Crippen LogP contribution in [-0.2, 0) is 0 Å². The lowest BCUT2D eigenvalue weighted by molar-refractivity contribution is 0.462. The molecule has 1 aliphatic carbocycles. The molecule has 0 N–H and O–H groups in total. The quantitative estimate of drug-likeness (QED) is 0.380. The van der Waals surface area contributed by atoms with Crippen molar-refractivity contribution in [2.75, 3.05) is 0 Å². The van der Waals surface area contributed by atoms with Crippen molar-refractivity contribution < 1.29 is 0 Å². The molecule has 0 aromatic heterocycles. The molecule has 1 aliphatic rings. The van der Waals surface area contributed by atoms with Gasteiger partial charge in [-0.2, -0.15) is 0 Å². The highest BCUT2D eigenvalue weighted by atomic mass is 35.5. The molecule has 0 aromatic rings. The van der Waals surface area contributed by atoms with E-state index in [-0.39, 0.29) is 0 Å². The van der Waals surface area contributed by atoms with Crippen LogP contribution in [0.5, 0.6) is 0 Å². The van der Waals surface area contributed by atoms with Crippen molar-refractivity contribution in [1.29, 1.82) is 0 Å². The Hall–Kier alpha value is 0.290. The van der Waals surface area contributed by atoms with E-state index in [2.05, 4.69) is 6.92 Å². The second-order valence-electron chi connectivity index (χ2n) is 5.19. The van der Waals surface area contributed by atoms with Gasteiger partial charge in [-0.1, -0.05) is 58.3 Å². The minimum absolute atomic E-state index is 0.500. The van der Waals surface area contributed by atoms with Gasteiger partial charge in [-0.05, 0) is 25.2 Å². The first-order chi connectivity index (χ1) is 7.33. The Labute approximate surface area is 101 Å². The van der Waals surface area contributed by atoms with Gasteiger partial charge in [0.1, 0.15) is 0 Å². The fourth-order valence-corrected chi connectivity index (χ4v) is 3.04. The van der Waals surface area contributed by atoms with E-state index in [1.165, 1.54) is 70.6 Å². The summed E-state index contributed by atoms with van der Waals surface area (Å²) in [5, 5.41) is 0.500. The fraction of sp³-hybridized carbons (Fsp3) is 1.00. The first-order valence-corrected chi connectivity index (χ1v) is 7.40. The zero-order valence-corrected chi connectivity index (χ0v) is 11.1. The second-order valence-corrected chi connectivity index (χ2v) is 5.80. The molecular formula is C14H27Cl. The maximum atomic E-state index is 6.10. The van der Waals surface area contributed by atoms with Gasteiger partial charge in [-0.3, -0.25) is 0 Å². The normalized spacial score (nSPS) is 26.0. The van der Waals surface area contributed by atoms with E-state index in [4.69, 9.17) is 11.6 Å². The van der Waals surface area contributed by atoms with Crippen molar-refractivity contribution in [2.45, 2.75) is 82.9 Å². The number of alkyl halides is 1. The smallest absolute Gasteiger partial charge is 0.0338 e. The molecule has 2 unspecified atom stereocenters. The van der Waals surface area contributed by atoms with Gasteiger partial charge in [-0.15, -0.1) is 11.6 Å². The molecule has 2 atom stereocenters. The zero-order chi connectivity index (χ0) is 10.9. The van der Waals surface area contributed by atoms with Crippen LogP contribution >= 0.6 is 11.6 Å². The van der Waals surface area contributed by atoms with Crippen molar-refractivity contribution in [3.8, 4) is 0 Å². The van der Waals surface area contributed by atoms with Crippen LogP contribution in [0.4, 0.5) is 0 Å². The van der Waals surface area contributed by atoms with Gasteiger partial charge in [0.2, 0.25) is 0 Å². The number of hydrogen-bond donors (Lipinski definition) is 0. The van der Waals surface area contributed by atoms with Crippen molar-refractivity contribution in [2.24, 2.45) is 5.92 Å². The Morgan fingerprint density at radius 1 is 0.933 bits per heavy atom. The molecule has 1 heteroatoms. The van der Waals surface area contributed by atoms with Crippen molar-refractivity contribution >= 4 is 11.6 Å². The van der Waals surface area contributed by atoms with Crippen molar-refractivity contribution in [3.63, 3.8) is 0 Å². The molecule has 15 heavy (non-hydrogen) atoms. The van der Waals surface area contributed by atoms with E-state index in [1.807, 2.05) is 0 Å². The molecule has 0 aliphatic heterocycles. The van der Waals surface area contributed by atoms with E-state index < -0.39 is 0 Å². The Kier molecular flexibility index (Phi) is 7.52. The lowest BCUT2D eigenvalue weighted by Crippen LogP contribution is -1.95. The topological polar surface area (TPSA) is 0 Å². The summed E-state index contributed by atoms with van der Waals surface area (Å²) >= 11 is 6.10. The highest BCUT2D eigenvalue weighted by molar-refractivity contribution is 6.20. The van der Waals surface area contributed by atoms with E-state index in [0.29, 0.717) is 5.38 Å². The van der Waals surface area contributed by atoms with Gasteiger partial charge in [0.25, 0.3) is 0 Å². The summed E-state index contributed by atoms with van der Waals surface area (Å²) in [7, 11) is 0. The van der Waals surface area contributed by atoms with Crippen molar-refractivity contribution in [1.82, 2.24) is 0 Å². The Bertz CT molecular complexity index is 144. The molecule has 0 bridgehead atoms. The minimum Gasteiger partial charge on any atom is -0.123 e. The first kappa shape index (κ1) is 13.4. The van der Waals surface area contributed by atoms with E-state index >= 15 is 0 Å².